The van der Waals surface area contributed by atoms with Crippen molar-refractivity contribution in [1.29, 1.82) is 0 Å². The monoisotopic (exact) mass is 461 g/mol. The first kappa shape index (κ1) is 10.9. The van der Waals surface area contributed by atoms with Crippen molar-refractivity contribution in [2.45, 2.75) is 13.2 Å². The summed E-state index contributed by atoms with van der Waals surface area (Å²) < 4.78 is 115. The van der Waals surface area contributed by atoms with E-state index in [1.165, 1.54) is 12.1 Å². The number of hydrogen-bond acceptors (Lipinski definition) is 1. The van der Waals surface area contributed by atoms with Gasteiger partial charge in [-0.25, -0.2) is 4.98 Å². The fraction of sp³-hybridized carbons (Fsp3) is 0.0606. The van der Waals surface area contributed by atoms with Gasteiger partial charge >= 0.3 is 0 Å². The molecule has 166 valence electrons. The molecule has 0 atom stereocenters. The first-order chi connectivity index (χ1) is 22.6. The van der Waals surface area contributed by atoms with Crippen molar-refractivity contribution in [2.24, 2.45) is 0 Å². The Morgan fingerprint density at radius 1 is 0.743 bits per heavy atom. The molecule has 1 heterocycles. The second kappa shape index (κ2) is 7.82. The highest BCUT2D eigenvalue weighted by Crippen LogP contribution is 2.44. The molecule has 0 radical (unpaired) electrons. The number of aryl methyl sites for hydroxylation is 1. The van der Waals surface area contributed by atoms with Crippen molar-refractivity contribution in [3.8, 4) is 16.8 Å². The summed E-state index contributed by atoms with van der Waals surface area (Å²) in [5.74, 6) is -0.621. The maximum absolute atomic E-state index is 9.22. The molecule has 0 aliphatic rings. The van der Waals surface area contributed by atoms with Crippen LogP contribution in [-0.4, -0.2) is 9.55 Å². The van der Waals surface area contributed by atoms with Gasteiger partial charge in [0.2, 0.25) is 0 Å². The van der Waals surface area contributed by atoms with Crippen LogP contribution in [0, 0.1) is 0 Å². The highest BCUT2D eigenvalue weighted by Gasteiger charge is 2.20. The lowest BCUT2D eigenvalue weighted by Gasteiger charge is -2.20. The molecule has 2 heteroatoms. The lowest BCUT2D eigenvalue weighted by atomic mass is 9.88. The SMILES string of the molecule is [2H]c1c([2H])c([2H])c2c(-n3c(C([2H])([2H])C([2H])([2H])[2H])nc4ccccc43)c3c([2H])c([2H])c([2H])c([2H])c3c(-c3cccc4ccccc34)c2c1[2H]. The molecule has 35 heavy (non-hydrogen) atoms. The molecule has 1 aromatic heterocycles. The number of para-hydroxylation sites is 2. The number of hydrogen-bond donors (Lipinski definition) is 0. The third-order valence-corrected chi connectivity index (χ3v) is 6.30. The Morgan fingerprint density at radius 3 is 2.17 bits per heavy atom. The summed E-state index contributed by atoms with van der Waals surface area (Å²) in [5, 5.41) is 0.893. The van der Waals surface area contributed by atoms with Crippen molar-refractivity contribution < 1.29 is 17.8 Å². The largest absolute Gasteiger partial charge is 0.295 e. The standard InChI is InChI=1S/C33H24N2/c1-2-31-34-29-20-9-10-21-30(29)35(31)33-27-17-7-5-15-25(27)32(26-16-6-8-18-28(26)33)24-19-11-13-22-12-3-4-14-23(22)24/h3-21H,2H2,1H3/i1D3,2D2,5D,6D,7D,8D,15D,16D,17D,18D. The second-order valence-electron chi connectivity index (χ2n) is 8.13. The zero-order valence-electron chi connectivity index (χ0n) is 31.2. The average molecular weight is 462 g/mol. The number of aromatic nitrogens is 2. The van der Waals surface area contributed by atoms with Gasteiger partial charge < -0.3 is 0 Å². The van der Waals surface area contributed by atoms with Crippen LogP contribution >= 0.6 is 0 Å². The first-order valence-electron chi connectivity index (χ1n) is 17.5. The summed E-state index contributed by atoms with van der Waals surface area (Å²) in [6.07, 6.45) is -3.12. The zero-order chi connectivity index (χ0) is 34.6. The summed E-state index contributed by atoms with van der Waals surface area (Å²) in [6, 6.07) is 14.3. The van der Waals surface area contributed by atoms with Gasteiger partial charge in [0.05, 0.1) is 27.7 Å². The van der Waals surface area contributed by atoms with Crippen molar-refractivity contribution in [2.75, 3.05) is 0 Å². The molecule has 0 N–H and O–H groups in total. The van der Waals surface area contributed by atoms with Crippen LogP contribution in [0.25, 0.3) is 60.2 Å². The van der Waals surface area contributed by atoms with Crippen molar-refractivity contribution in [3.63, 3.8) is 0 Å². The molecule has 0 unspecified atom stereocenters. The number of fused-ring (bicyclic) bond motifs is 4. The fourth-order valence-corrected chi connectivity index (χ4v) is 4.88. The van der Waals surface area contributed by atoms with E-state index in [1.54, 1.807) is 36.4 Å². The van der Waals surface area contributed by atoms with Crippen molar-refractivity contribution in [3.05, 3.63) is 121 Å². The van der Waals surface area contributed by atoms with Crippen molar-refractivity contribution in [1.82, 2.24) is 9.55 Å². The van der Waals surface area contributed by atoms with Gasteiger partial charge in [-0.05, 0) is 44.8 Å². The lowest BCUT2D eigenvalue weighted by Crippen LogP contribution is -2.03. The molecule has 0 aliphatic heterocycles. The van der Waals surface area contributed by atoms with E-state index in [2.05, 4.69) is 4.98 Å². The molecule has 0 saturated carbocycles. The van der Waals surface area contributed by atoms with Gasteiger partial charge in [0.15, 0.2) is 0 Å². The fourth-order valence-electron chi connectivity index (χ4n) is 4.88. The second-order valence-corrected chi connectivity index (χ2v) is 8.13. The smallest absolute Gasteiger partial charge is 0.114 e. The molecule has 0 fully saturated rings. The average Bonchev–Trinajstić information content (AvgIpc) is 3.46. The third kappa shape index (κ3) is 2.93. The molecule has 0 spiro atoms. The minimum Gasteiger partial charge on any atom is -0.295 e. The van der Waals surface area contributed by atoms with E-state index < -0.39 is 67.4 Å². The van der Waals surface area contributed by atoms with E-state index in [9.17, 15) is 5.48 Å². The molecule has 2 nitrogen and oxygen atoms in total. The maximum Gasteiger partial charge on any atom is 0.114 e. The third-order valence-electron chi connectivity index (χ3n) is 6.30. The highest BCUT2D eigenvalue weighted by atomic mass is 15.1. The van der Waals surface area contributed by atoms with E-state index in [4.69, 9.17) is 12.3 Å². The molecule has 0 saturated heterocycles. The van der Waals surface area contributed by atoms with Gasteiger partial charge in [-0.2, -0.15) is 0 Å². The molecule has 7 aromatic rings. The normalized spacial score (nSPS) is 17.8. The lowest BCUT2D eigenvalue weighted by molar-refractivity contribution is 0.917. The van der Waals surface area contributed by atoms with Crippen LogP contribution in [0.3, 0.4) is 0 Å². The Kier molecular flexibility index (Phi) is 2.43. The van der Waals surface area contributed by atoms with Gasteiger partial charge in [-0.3, -0.25) is 4.57 Å². The number of benzene rings is 6. The molecular formula is C33H24N2. The van der Waals surface area contributed by atoms with E-state index in [-0.39, 0.29) is 43.8 Å². The predicted octanol–water partition coefficient (Wildman–Crippen LogP) is 8.71. The number of imidazole rings is 1. The summed E-state index contributed by atoms with van der Waals surface area (Å²) >= 11 is 0. The van der Waals surface area contributed by atoms with Crippen LogP contribution < -0.4 is 0 Å². The number of nitrogens with zero attached hydrogens (tertiary/aromatic N) is 2. The Balaban J connectivity index is 1.90. The summed E-state index contributed by atoms with van der Waals surface area (Å²) in [7, 11) is 0. The Hall–Kier alpha value is -4.43. The van der Waals surface area contributed by atoms with Gasteiger partial charge in [-0.15, -0.1) is 0 Å². The van der Waals surface area contributed by atoms with Gasteiger partial charge in [0, 0.05) is 24.0 Å². The minimum absolute atomic E-state index is 0.0805. The molecule has 6 aromatic carbocycles. The van der Waals surface area contributed by atoms with E-state index in [1.807, 2.05) is 18.2 Å². The summed E-state index contributed by atoms with van der Waals surface area (Å²) in [6.45, 7) is -3.25. The summed E-state index contributed by atoms with van der Waals surface area (Å²) in [4.78, 5) is 4.39. The van der Waals surface area contributed by atoms with Crippen LogP contribution in [0.15, 0.2) is 115 Å². The van der Waals surface area contributed by atoms with Crippen LogP contribution in [0.2, 0.25) is 0 Å². The van der Waals surface area contributed by atoms with Crippen LogP contribution in [0.5, 0.6) is 0 Å². The molecule has 0 bridgehead atoms. The van der Waals surface area contributed by atoms with Gasteiger partial charge in [0.25, 0.3) is 0 Å². The minimum atomic E-state index is -3.25. The molecule has 0 amide bonds. The van der Waals surface area contributed by atoms with Crippen molar-refractivity contribution >= 4 is 43.4 Å². The zero-order valence-corrected chi connectivity index (χ0v) is 18.2. The first-order valence-corrected chi connectivity index (χ1v) is 11.0. The quantitative estimate of drug-likeness (QED) is 0.241. The van der Waals surface area contributed by atoms with E-state index in [0.717, 1.165) is 9.95 Å². The van der Waals surface area contributed by atoms with E-state index >= 15 is 0 Å². The Bertz CT molecular complexity index is 2430. The molecular weight excluding hydrogens is 424 g/mol. The van der Waals surface area contributed by atoms with Crippen LogP contribution in [0.4, 0.5) is 0 Å². The van der Waals surface area contributed by atoms with Gasteiger partial charge in [0.1, 0.15) is 5.82 Å². The van der Waals surface area contributed by atoms with E-state index in [0.29, 0.717) is 10.9 Å². The highest BCUT2D eigenvalue weighted by molar-refractivity contribution is 6.21. The van der Waals surface area contributed by atoms with Gasteiger partial charge in [-0.1, -0.05) is 110 Å². The Labute approximate surface area is 222 Å². The summed E-state index contributed by atoms with van der Waals surface area (Å²) in [5.41, 5.74) is 0.671. The van der Waals surface area contributed by atoms with Crippen LogP contribution in [0.1, 0.15) is 30.5 Å². The Morgan fingerprint density at radius 2 is 1.40 bits per heavy atom. The topological polar surface area (TPSA) is 17.8 Å². The maximum atomic E-state index is 9.22. The molecule has 7 rings (SSSR count). The van der Waals surface area contributed by atoms with Crippen LogP contribution in [-0.2, 0) is 6.37 Å². The number of rotatable bonds is 3. The molecule has 0 aliphatic carbocycles. The predicted molar refractivity (Wildman–Crippen MR) is 148 cm³/mol.